The molecule has 2 N–H and O–H groups in total. The van der Waals surface area contributed by atoms with Crippen molar-refractivity contribution in [3.05, 3.63) is 17.4 Å². The number of fused-ring (bicyclic) bond motifs is 1. The summed E-state index contributed by atoms with van der Waals surface area (Å²) in [5.74, 6) is 0.916. The molecule has 20 heavy (non-hydrogen) atoms. The Kier molecular flexibility index (Phi) is 3.46. The SMILES string of the molecule is COc1cc2c(c(C3(CN)CCCC3)c1F)OCCO2. The fourth-order valence-corrected chi connectivity index (χ4v) is 3.37. The van der Waals surface area contributed by atoms with Gasteiger partial charge in [-0.2, -0.15) is 0 Å². The van der Waals surface area contributed by atoms with Gasteiger partial charge in [-0.15, -0.1) is 0 Å². The van der Waals surface area contributed by atoms with Gasteiger partial charge in [0.1, 0.15) is 13.2 Å². The van der Waals surface area contributed by atoms with Gasteiger partial charge in [0.25, 0.3) is 0 Å². The molecular weight excluding hydrogens is 261 g/mol. The number of hydrogen-bond acceptors (Lipinski definition) is 4. The van der Waals surface area contributed by atoms with Crippen LogP contribution in [0.2, 0.25) is 0 Å². The molecule has 0 spiro atoms. The highest BCUT2D eigenvalue weighted by Gasteiger charge is 2.42. The van der Waals surface area contributed by atoms with Gasteiger partial charge in [0, 0.05) is 23.6 Å². The van der Waals surface area contributed by atoms with Gasteiger partial charge in [-0.25, -0.2) is 4.39 Å². The summed E-state index contributed by atoms with van der Waals surface area (Å²) in [7, 11) is 1.46. The zero-order valence-electron chi connectivity index (χ0n) is 11.7. The molecule has 0 unspecified atom stereocenters. The summed E-state index contributed by atoms with van der Waals surface area (Å²) in [4.78, 5) is 0. The topological polar surface area (TPSA) is 53.7 Å². The van der Waals surface area contributed by atoms with Crippen LogP contribution in [0.25, 0.3) is 0 Å². The molecule has 1 heterocycles. The molecule has 0 saturated heterocycles. The maximum absolute atomic E-state index is 14.8. The van der Waals surface area contributed by atoms with Crippen LogP contribution in [0.15, 0.2) is 6.07 Å². The minimum atomic E-state index is -0.358. The fraction of sp³-hybridized carbons (Fsp3) is 0.600. The molecule has 1 saturated carbocycles. The molecule has 1 aromatic rings. The number of rotatable bonds is 3. The zero-order chi connectivity index (χ0) is 14.2. The van der Waals surface area contributed by atoms with Gasteiger partial charge in [0.15, 0.2) is 23.1 Å². The zero-order valence-corrected chi connectivity index (χ0v) is 11.7. The van der Waals surface area contributed by atoms with Gasteiger partial charge in [0.2, 0.25) is 0 Å². The quantitative estimate of drug-likeness (QED) is 0.924. The number of halogens is 1. The molecule has 0 aromatic heterocycles. The van der Waals surface area contributed by atoms with Crippen molar-refractivity contribution in [1.82, 2.24) is 0 Å². The van der Waals surface area contributed by atoms with E-state index >= 15 is 0 Å². The monoisotopic (exact) mass is 281 g/mol. The van der Waals surface area contributed by atoms with E-state index in [1.807, 2.05) is 0 Å². The Morgan fingerprint density at radius 1 is 1.30 bits per heavy atom. The van der Waals surface area contributed by atoms with Crippen molar-refractivity contribution in [2.75, 3.05) is 26.9 Å². The standard InChI is InChI=1S/C15H20FNO3/c1-18-10-8-11-14(20-7-6-19-11)12(13(10)16)15(9-17)4-2-3-5-15/h8H,2-7,9,17H2,1H3. The van der Waals surface area contributed by atoms with E-state index in [-0.39, 0.29) is 17.0 Å². The summed E-state index contributed by atoms with van der Waals surface area (Å²) in [6, 6.07) is 1.56. The van der Waals surface area contributed by atoms with Crippen LogP contribution in [0, 0.1) is 5.82 Å². The number of methoxy groups -OCH3 is 1. The largest absolute Gasteiger partial charge is 0.494 e. The minimum absolute atomic E-state index is 0.198. The second kappa shape index (κ2) is 5.13. The van der Waals surface area contributed by atoms with Crippen molar-refractivity contribution in [3.8, 4) is 17.2 Å². The first kappa shape index (κ1) is 13.5. The third-order valence-corrected chi connectivity index (χ3v) is 4.44. The molecule has 0 radical (unpaired) electrons. The van der Waals surface area contributed by atoms with Gasteiger partial charge in [-0.05, 0) is 12.8 Å². The van der Waals surface area contributed by atoms with E-state index < -0.39 is 0 Å². The Balaban J connectivity index is 2.21. The van der Waals surface area contributed by atoms with Gasteiger partial charge in [-0.1, -0.05) is 12.8 Å². The molecule has 0 bridgehead atoms. The maximum atomic E-state index is 14.8. The minimum Gasteiger partial charge on any atom is -0.494 e. The summed E-state index contributed by atoms with van der Waals surface area (Å²) in [5, 5.41) is 0. The highest BCUT2D eigenvalue weighted by atomic mass is 19.1. The molecule has 4 nitrogen and oxygen atoms in total. The van der Waals surface area contributed by atoms with Crippen LogP contribution in [0.5, 0.6) is 17.2 Å². The summed E-state index contributed by atoms with van der Waals surface area (Å²) in [6.07, 6.45) is 3.87. The van der Waals surface area contributed by atoms with E-state index in [0.29, 0.717) is 36.8 Å². The fourth-order valence-electron chi connectivity index (χ4n) is 3.37. The van der Waals surface area contributed by atoms with E-state index in [9.17, 15) is 4.39 Å². The van der Waals surface area contributed by atoms with Crippen LogP contribution in [-0.2, 0) is 5.41 Å². The summed E-state index contributed by atoms with van der Waals surface area (Å²) < 4.78 is 31.3. The summed E-state index contributed by atoms with van der Waals surface area (Å²) in [6.45, 7) is 1.32. The first-order chi connectivity index (χ1) is 9.72. The number of nitrogens with two attached hydrogens (primary N) is 1. The summed E-state index contributed by atoms with van der Waals surface area (Å²) >= 11 is 0. The molecule has 0 atom stereocenters. The molecule has 1 aliphatic heterocycles. The van der Waals surface area contributed by atoms with Crippen molar-refractivity contribution in [3.63, 3.8) is 0 Å². The van der Waals surface area contributed by atoms with Crippen molar-refractivity contribution in [2.24, 2.45) is 5.73 Å². The lowest BCUT2D eigenvalue weighted by Crippen LogP contribution is -2.34. The highest BCUT2D eigenvalue weighted by Crippen LogP contribution is 2.51. The smallest absolute Gasteiger partial charge is 0.172 e. The van der Waals surface area contributed by atoms with Gasteiger partial charge >= 0.3 is 0 Å². The average molecular weight is 281 g/mol. The molecule has 1 fully saturated rings. The van der Waals surface area contributed by atoms with E-state index in [1.165, 1.54) is 7.11 Å². The van der Waals surface area contributed by atoms with E-state index in [2.05, 4.69) is 0 Å². The van der Waals surface area contributed by atoms with E-state index in [0.717, 1.165) is 25.7 Å². The molecular formula is C15H20FNO3. The van der Waals surface area contributed by atoms with Crippen LogP contribution < -0.4 is 19.9 Å². The average Bonchev–Trinajstić information content (AvgIpc) is 2.96. The predicted octanol–water partition coefficient (Wildman–Crippen LogP) is 2.38. The van der Waals surface area contributed by atoms with Gasteiger partial charge < -0.3 is 19.9 Å². The van der Waals surface area contributed by atoms with Crippen molar-refractivity contribution >= 4 is 0 Å². The maximum Gasteiger partial charge on any atom is 0.172 e. The number of hydrogen-bond donors (Lipinski definition) is 1. The first-order valence-electron chi connectivity index (χ1n) is 7.08. The van der Waals surface area contributed by atoms with Crippen LogP contribution in [0.1, 0.15) is 31.2 Å². The molecule has 5 heteroatoms. The normalized spacial score (nSPS) is 19.9. The molecule has 3 rings (SSSR count). The number of benzene rings is 1. The third-order valence-electron chi connectivity index (χ3n) is 4.44. The predicted molar refractivity (Wildman–Crippen MR) is 73.1 cm³/mol. The van der Waals surface area contributed by atoms with E-state index in [4.69, 9.17) is 19.9 Å². The molecule has 0 amide bonds. The van der Waals surface area contributed by atoms with Crippen molar-refractivity contribution < 1.29 is 18.6 Å². The Labute approximate surface area is 118 Å². The van der Waals surface area contributed by atoms with E-state index in [1.54, 1.807) is 6.07 Å². The molecule has 2 aliphatic rings. The molecule has 1 aromatic carbocycles. The third kappa shape index (κ3) is 1.92. The second-order valence-electron chi connectivity index (χ2n) is 5.48. The van der Waals surface area contributed by atoms with Crippen LogP contribution >= 0.6 is 0 Å². The van der Waals surface area contributed by atoms with Gasteiger partial charge in [-0.3, -0.25) is 0 Å². The van der Waals surface area contributed by atoms with Crippen molar-refractivity contribution in [1.29, 1.82) is 0 Å². The Hall–Kier alpha value is -1.49. The van der Waals surface area contributed by atoms with Gasteiger partial charge in [0.05, 0.1) is 7.11 Å². The second-order valence-corrected chi connectivity index (χ2v) is 5.48. The Morgan fingerprint density at radius 2 is 2.00 bits per heavy atom. The van der Waals surface area contributed by atoms with Crippen molar-refractivity contribution in [2.45, 2.75) is 31.1 Å². The van der Waals surface area contributed by atoms with Crippen LogP contribution in [0.3, 0.4) is 0 Å². The highest BCUT2D eigenvalue weighted by molar-refractivity contribution is 5.57. The first-order valence-corrected chi connectivity index (χ1v) is 7.08. The Bertz CT molecular complexity index is 512. The molecule has 110 valence electrons. The van der Waals surface area contributed by atoms with Crippen LogP contribution in [-0.4, -0.2) is 26.9 Å². The lowest BCUT2D eigenvalue weighted by Gasteiger charge is -2.33. The Morgan fingerprint density at radius 3 is 2.65 bits per heavy atom. The summed E-state index contributed by atoms with van der Waals surface area (Å²) in [5.41, 5.74) is 6.18. The molecule has 1 aliphatic carbocycles. The lowest BCUT2D eigenvalue weighted by atomic mass is 9.77. The van der Waals surface area contributed by atoms with Crippen LogP contribution in [0.4, 0.5) is 4.39 Å². The number of ether oxygens (including phenoxy) is 3. The lowest BCUT2D eigenvalue weighted by molar-refractivity contribution is 0.163.